The summed E-state index contributed by atoms with van der Waals surface area (Å²) in [6, 6.07) is 2.69. The van der Waals surface area contributed by atoms with Crippen molar-refractivity contribution >= 4 is 0 Å². The van der Waals surface area contributed by atoms with Crippen molar-refractivity contribution in [2.75, 3.05) is 14.1 Å². The van der Waals surface area contributed by atoms with Crippen molar-refractivity contribution in [3.05, 3.63) is 29.1 Å². The van der Waals surface area contributed by atoms with Crippen molar-refractivity contribution in [1.82, 2.24) is 4.90 Å². The van der Waals surface area contributed by atoms with E-state index in [4.69, 9.17) is 0 Å². The molecule has 0 fully saturated rings. The third kappa shape index (κ3) is 2.42. The molecule has 0 aromatic heterocycles. The van der Waals surface area contributed by atoms with Crippen LogP contribution in [-0.4, -0.2) is 24.1 Å². The van der Waals surface area contributed by atoms with Crippen LogP contribution in [-0.2, 0) is 6.54 Å². The number of phenols is 1. The monoisotopic (exact) mass is 183 g/mol. The topological polar surface area (TPSA) is 23.5 Å². The number of aromatic hydroxyl groups is 1. The first-order valence-corrected chi connectivity index (χ1v) is 4.13. The molecule has 1 aromatic carbocycles. The molecule has 13 heavy (non-hydrogen) atoms. The summed E-state index contributed by atoms with van der Waals surface area (Å²) in [6.45, 7) is 2.24. The Morgan fingerprint density at radius 3 is 2.54 bits per heavy atom. The maximum absolute atomic E-state index is 12.9. The molecule has 0 amide bonds. The van der Waals surface area contributed by atoms with E-state index in [1.807, 2.05) is 19.0 Å². The summed E-state index contributed by atoms with van der Waals surface area (Å²) in [6.07, 6.45) is 0. The number of hydrogen-bond acceptors (Lipinski definition) is 2. The fourth-order valence-corrected chi connectivity index (χ4v) is 1.27. The molecule has 0 aliphatic carbocycles. The standard InChI is InChI=1S/C10H14FNO/c1-7-4-9(11)5-8(10(7)13)6-12(2)3/h4-5,13H,6H2,1-3H3. The molecular weight excluding hydrogens is 169 g/mol. The number of halogens is 1. The van der Waals surface area contributed by atoms with E-state index in [0.29, 0.717) is 17.7 Å². The van der Waals surface area contributed by atoms with Crippen LogP contribution in [0.4, 0.5) is 4.39 Å². The Morgan fingerprint density at radius 1 is 1.38 bits per heavy atom. The summed E-state index contributed by atoms with van der Waals surface area (Å²) < 4.78 is 12.9. The third-order valence-electron chi connectivity index (χ3n) is 1.83. The van der Waals surface area contributed by atoms with Crippen LogP contribution in [0.5, 0.6) is 5.75 Å². The molecule has 1 aromatic rings. The van der Waals surface area contributed by atoms with Gasteiger partial charge in [-0.25, -0.2) is 4.39 Å². The highest BCUT2D eigenvalue weighted by molar-refractivity contribution is 5.39. The number of aryl methyl sites for hydroxylation is 1. The summed E-state index contributed by atoms with van der Waals surface area (Å²) in [4.78, 5) is 1.88. The van der Waals surface area contributed by atoms with Crippen molar-refractivity contribution in [1.29, 1.82) is 0 Å². The fraction of sp³-hybridized carbons (Fsp3) is 0.400. The van der Waals surface area contributed by atoms with Gasteiger partial charge >= 0.3 is 0 Å². The lowest BCUT2D eigenvalue weighted by Crippen LogP contribution is -2.11. The van der Waals surface area contributed by atoms with Gasteiger partial charge in [-0.1, -0.05) is 0 Å². The lowest BCUT2D eigenvalue weighted by atomic mass is 10.1. The number of benzene rings is 1. The number of phenolic OH excluding ortho intramolecular Hbond substituents is 1. The molecule has 0 aliphatic heterocycles. The predicted molar refractivity (Wildman–Crippen MR) is 50.2 cm³/mol. The molecule has 0 spiro atoms. The Labute approximate surface area is 77.6 Å². The van der Waals surface area contributed by atoms with E-state index in [1.54, 1.807) is 6.92 Å². The Hall–Kier alpha value is -1.09. The number of rotatable bonds is 2. The zero-order chi connectivity index (χ0) is 10.0. The van der Waals surface area contributed by atoms with Gasteiger partial charge in [0, 0.05) is 12.1 Å². The van der Waals surface area contributed by atoms with E-state index in [0.717, 1.165) is 0 Å². The Kier molecular flexibility index (Phi) is 2.88. The minimum Gasteiger partial charge on any atom is -0.507 e. The van der Waals surface area contributed by atoms with Gasteiger partial charge in [0.1, 0.15) is 11.6 Å². The van der Waals surface area contributed by atoms with Crippen LogP contribution in [0.15, 0.2) is 12.1 Å². The van der Waals surface area contributed by atoms with Crippen LogP contribution in [0, 0.1) is 12.7 Å². The zero-order valence-electron chi connectivity index (χ0n) is 8.13. The van der Waals surface area contributed by atoms with Crippen LogP contribution < -0.4 is 0 Å². The van der Waals surface area contributed by atoms with E-state index in [-0.39, 0.29) is 11.6 Å². The Balaban J connectivity index is 3.05. The van der Waals surface area contributed by atoms with E-state index >= 15 is 0 Å². The van der Waals surface area contributed by atoms with Crippen molar-refractivity contribution in [3.8, 4) is 5.75 Å². The molecule has 0 bridgehead atoms. The summed E-state index contributed by atoms with van der Waals surface area (Å²) >= 11 is 0. The normalized spacial score (nSPS) is 10.8. The molecule has 0 saturated carbocycles. The first kappa shape index (κ1) is 9.99. The van der Waals surface area contributed by atoms with Crippen molar-refractivity contribution in [2.24, 2.45) is 0 Å². The Morgan fingerprint density at radius 2 is 2.00 bits per heavy atom. The highest BCUT2D eigenvalue weighted by Crippen LogP contribution is 2.23. The second-order valence-corrected chi connectivity index (χ2v) is 3.47. The largest absolute Gasteiger partial charge is 0.507 e. The quantitative estimate of drug-likeness (QED) is 0.757. The molecule has 0 atom stereocenters. The van der Waals surface area contributed by atoms with Gasteiger partial charge < -0.3 is 10.0 Å². The average molecular weight is 183 g/mol. The van der Waals surface area contributed by atoms with Gasteiger partial charge in [0.25, 0.3) is 0 Å². The molecule has 3 heteroatoms. The van der Waals surface area contributed by atoms with Crippen molar-refractivity contribution in [3.63, 3.8) is 0 Å². The first-order valence-electron chi connectivity index (χ1n) is 4.13. The predicted octanol–water partition coefficient (Wildman–Crippen LogP) is 1.90. The molecule has 0 saturated heterocycles. The summed E-state index contributed by atoms with van der Waals surface area (Å²) in [5.74, 6) is -0.109. The summed E-state index contributed by atoms with van der Waals surface area (Å²) in [5.41, 5.74) is 1.21. The maximum atomic E-state index is 12.9. The van der Waals surface area contributed by atoms with Gasteiger partial charge in [0.15, 0.2) is 0 Å². The molecule has 0 heterocycles. The lowest BCUT2D eigenvalue weighted by Gasteiger charge is -2.12. The number of hydrogen-bond donors (Lipinski definition) is 1. The first-order chi connectivity index (χ1) is 6.00. The minimum atomic E-state index is -0.299. The highest BCUT2D eigenvalue weighted by atomic mass is 19.1. The van der Waals surface area contributed by atoms with Gasteiger partial charge in [-0.05, 0) is 38.7 Å². The van der Waals surface area contributed by atoms with Gasteiger partial charge in [0.05, 0.1) is 0 Å². The fourth-order valence-electron chi connectivity index (χ4n) is 1.27. The van der Waals surface area contributed by atoms with Gasteiger partial charge in [-0.15, -0.1) is 0 Å². The van der Waals surface area contributed by atoms with E-state index in [2.05, 4.69) is 0 Å². The molecule has 72 valence electrons. The Bertz CT molecular complexity index is 310. The minimum absolute atomic E-state index is 0.190. The van der Waals surface area contributed by atoms with E-state index in [1.165, 1.54) is 12.1 Å². The van der Waals surface area contributed by atoms with Crippen molar-refractivity contribution in [2.45, 2.75) is 13.5 Å². The van der Waals surface area contributed by atoms with Crippen LogP contribution in [0.3, 0.4) is 0 Å². The summed E-state index contributed by atoms with van der Waals surface area (Å²) in [5, 5.41) is 9.58. The molecule has 0 aliphatic rings. The van der Waals surface area contributed by atoms with E-state index < -0.39 is 0 Å². The summed E-state index contributed by atoms with van der Waals surface area (Å²) in [7, 11) is 3.75. The van der Waals surface area contributed by atoms with Crippen LogP contribution in [0.2, 0.25) is 0 Å². The molecule has 0 radical (unpaired) electrons. The average Bonchev–Trinajstić information content (AvgIpc) is 1.98. The second-order valence-electron chi connectivity index (χ2n) is 3.47. The van der Waals surface area contributed by atoms with Gasteiger partial charge in [-0.3, -0.25) is 0 Å². The van der Waals surface area contributed by atoms with Crippen LogP contribution in [0.25, 0.3) is 0 Å². The smallest absolute Gasteiger partial charge is 0.124 e. The van der Waals surface area contributed by atoms with Crippen LogP contribution in [0.1, 0.15) is 11.1 Å². The molecule has 0 unspecified atom stereocenters. The molecular formula is C10H14FNO. The lowest BCUT2D eigenvalue weighted by molar-refractivity contribution is 0.383. The molecule has 2 nitrogen and oxygen atoms in total. The molecule has 1 N–H and O–H groups in total. The van der Waals surface area contributed by atoms with Gasteiger partial charge in [0.2, 0.25) is 0 Å². The van der Waals surface area contributed by atoms with Crippen molar-refractivity contribution < 1.29 is 9.50 Å². The van der Waals surface area contributed by atoms with Gasteiger partial charge in [-0.2, -0.15) is 0 Å². The zero-order valence-corrected chi connectivity index (χ0v) is 8.13. The highest BCUT2D eigenvalue weighted by Gasteiger charge is 2.07. The van der Waals surface area contributed by atoms with E-state index in [9.17, 15) is 9.50 Å². The van der Waals surface area contributed by atoms with Crippen LogP contribution >= 0.6 is 0 Å². The molecule has 1 rings (SSSR count). The SMILES string of the molecule is Cc1cc(F)cc(CN(C)C)c1O. The maximum Gasteiger partial charge on any atom is 0.124 e. The second kappa shape index (κ2) is 3.75. The third-order valence-corrected chi connectivity index (χ3v) is 1.83. The number of nitrogens with zero attached hydrogens (tertiary/aromatic N) is 1.